The average Bonchev–Trinajstić information content (AvgIpc) is 1.72. The van der Waals surface area contributed by atoms with Crippen LogP contribution in [-0.4, -0.2) is 11.4 Å². The van der Waals surface area contributed by atoms with Gasteiger partial charge in [-0.1, -0.05) is 6.92 Å². The first-order valence-corrected chi connectivity index (χ1v) is 2.13. The van der Waals surface area contributed by atoms with Crippen LogP contribution in [0.15, 0.2) is 11.8 Å². The van der Waals surface area contributed by atoms with Crippen LogP contribution in [0.5, 0.6) is 0 Å². The van der Waals surface area contributed by atoms with Gasteiger partial charge in [-0.3, -0.25) is 4.79 Å². The second-order valence-electron chi connectivity index (χ2n) is 1.18. The van der Waals surface area contributed by atoms with Crippen molar-refractivity contribution in [2.24, 2.45) is 0 Å². The molecule has 0 aliphatic rings. The van der Waals surface area contributed by atoms with E-state index in [4.69, 9.17) is 5.11 Å². The number of hydrogen-bond acceptors (Lipinski definition) is 2. The molecule has 2 nitrogen and oxygen atoms in total. The summed E-state index contributed by atoms with van der Waals surface area (Å²) in [5, 5.41) is 8.13. The second-order valence-corrected chi connectivity index (χ2v) is 1.18. The second kappa shape index (κ2) is 3.40. The fourth-order valence-corrected chi connectivity index (χ4v) is 0.205. The number of allylic oxidation sites excluding steroid dienone is 1. The van der Waals surface area contributed by atoms with Gasteiger partial charge in [-0.05, 0) is 6.42 Å². The molecule has 0 unspecified atom stereocenters. The van der Waals surface area contributed by atoms with Crippen LogP contribution in [0.4, 0.5) is 0 Å². The maximum atomic E-state index is 9.74. The van der Waals surface area contributed by atoms with Crippen molar-refractivity contribution in [1.29, 1.82) is 0 Å². The van der Waals surface area contributed by atoms with Crippen molar-refractivity contribution < 1.29 is 9.90 Å². The summed E-state index contributed by atoms with van der Waals surface area (Å²) in [5.74, 6) is 0. The lowest BCUT2D eigenvalue weighted by atomic mass is 10.3. The summed E-state index contributed by atoms with van der Waals surface area (Å²) in [7, 11) is 0. The Hall–Kier alpha value is -0.790. The van der Waals surface area contributed by atoms with Crippen LogP contribution >= 0.6 is 0 Å². The van der Waals surface area contributed by atoms with Gasteiger partial charge in [-0.15, -0.1) is 0 Å². The molecule has 0 fully saturated rings. The maximum Gasteiger partial charge on any atom is 0.149 e. The predicted octanol–water partition coefficient (Wildman–Crippen LogP) is 1.04. The van der Waals surface area contributed by atoms with Crippen LogP contribution in [0.2, 0.25) is 0 Å². The monoisotopic (exact) mass is 100 g/mol. The van der Waals surface area contributed by atoms with Crippen LogP contribution in [-0.2, 0) is 4.79 Å². The lowest BCUT2D eigenvalue weighted by molar-refractivity contribution is -0.105. The number of carbonyl (C=O) groups excluding carboxylic acids is 1. The van der Waals surface area contributed by atoms with E-state index in [9.17, 15) is 4.79 Å². The Kier molecular flexibility index (Phi) is 3.02. The molecule has 0 amide bonds. The van der Waals surface area contributed by atoms with E-state index in [1.165, 1.54) is 0 Å². The summed E-state index contributed by atoms with van der Waals surface area (Å²) in [5.41, 5.74) is 0.431. The lowest BCUT2D eigenvalue weighted by Crippen LogP contribution is -1.78. The van der Waals surface area contributed by atoms with Crippen molar-refractivity contribution in [3.8, 4) is 0 Å². The molecule has 0 atom stereocenters. The summed E-state index contributed by atoms with van der Waals surface area (Å²) >= 11 is 0. The van der Waals surface area contributed by atoms with Gasteiger partial charge < -0.3 is 5.11 Å². The quantitative estimate of drug-likeness (QED) is 0.320. The van der Waals surface area contributed by atoms with Crippen LogP contribution in [0, 0.1) is 0 Å². The van der Waals surface area contributed by atoms with E-state index in [0.717, 1.165) is 6.26 Å². The van der Waals surface area contributed by atoms with Gasteiger partial charge in [0.25, 0.3) is 0 Å². The Bertz CT molecular complexity index is 84.1. The minimum absolute atomic E-state index is 0.431. The third kappa shape index (κ3) is 1.98. The van der Waals surface area contributed by atoms with Crippen molar-refractivity contribution in [2.75, 3.05) is 0 Å². The smallest absolute Gasteiger partial charge is 0.149 e. The van der Waals surface area contributed by atoms with E-state index < -0.39 is 0 Å². The summed E-state index contributed by atoms with van der Waals surface area (Å²) in [6.45, 7) is 1.80. The molecule has 0 rings (SSSR count). The fraction of sp³-hybridized carbons (Fsp3) is 0.400. The zero-order valence-corrected chi connectivity index (χ0v) is 4.22. The van der Waals surface area contributed by atoms with Crippen LogP contribution in [0.3, 0.4) is 0 Å². The third-order valence-electron chi connectivity index (χ3n) is 0.725. The number of rotatable bonds is 2. The normalized spacial score (nSPS) is 11.3. The van der Waals surface area contributed by atoms with Crippen molar-refractivity contribution in [1.82, 2.24) is 0 Å². The standard InChI is InChI=1S/C5H8O2/c1-2-5(3-6)4-7/h3-4,6H,2H2,1H3. The molecule has 7 heavy (non-hydrogen) atoms. The van der Waals surface area contributed by atoms with Gasteiger partial charge >= 0.3 is 0 Å². The molecule has 2 heteroatoms. The minimum Gasteiger partial charge on any atom is -0.515 e. The molecule has 0 aliphatic carbocycles. The Morgan fingerprint density at radius 3 is 2.43 bits per heavy atom. The van der Waals surface area contributed by atoms with E-state index in [0.29, 0.717) is 18.3 Å². The molecule has 0 aliphatic heterocycles. The molecular formula is C5H8O2. The number of aliphatic hydroxyl groups is 1. The summed E-state index contributed by atoms with van der Waals surface area (Å²) in [4.78, 5) is 9.74. The fourth-order valence-electron chi connectivity index (χ4n) is 0.205. The Labute approximate surface area is 42.5 Å². The maximum absolute atomic E-state index is 9.74. The van der Waals surface area contributed by atoms with Gasteiger partial charge in [0, 0.05) is 5.57 Å². The van der Waals surface area contributed by atoms with E-state index in [-0.39, 0.29) is 0 Å². The average molecular weight is 100 g/mol. The topological polar surface area (TPSA) is 37.3 Å². The highest BCUT2D eigenvalue weighted by molar-refractivity contribution is 5.72. The Balaban J connectivity index is 3.60. The minimum atomic E-state index is 0.431. The highest BCUT2D eigenvalue weighted by atomic mass is 16.2. The van der Waals surface area contributed by atoms with Crippen LogP contribution < -0.4 is 0 Å². The molecule has 0 saturated heterocycles. The molecule has 0 aromatic heterocycles. The van der Waals surface area contributed by atoms with Crippen molar-refractivity contribution in [2.45, 2.75) is 13.3 Å². The third-order valence-corrected chi connectivity index (χ3v) is 0.725. The van der Waals surface area contributed by atoms with Gasteiger partial charge in [0.15, 0.2) is 0 Å². The molecule has 0 bridgehead atoms. The highest BCUT2D eigenvalue weighted by Gasteiger charge is 1.84. The SMILES string of the molecule is CCC(C=O)=CO. The lowest BCUT2D eigenvalue weighted by Gasteiger charge is -1.83. The zero-order valence-electron chi connectivity index (χ0n) is 4.22. The summed E-state index contributed by atoms with van der Waals surface area (Å²) < 4.78 is 0. The Morgan fingerprint density at radius 1 is 1.86 bits per heavy atom. The largest absolute Gasteiger partial charge is 0.515 e. The molecule has 0 aromatic carbocycles. The van der Waals surface area contributed by atoms with E-state index in [2.05, 4.69) is 0 Å². The highest BCUT2D eigenvalue weighted by Crippen LogP contribution is 1.90. The number of carbonyl (C=O) groups is 1. The Morgan fingerprint density at radius 2 is 2.43 bits per heavy atom. The molecule has 0 aromatic rings. The van der Waals surface area contributed by atoms with Crippen molar-refractivity contribution in [3.05, 3.63) is 11.8 Å². The number of hydrogen-bond donors (Lipinski definition) is 1. The van der Waals surface area contributed by atoms with Crippen LogP contribution in [0.1, 0.15) is 13.3 Å². The summed E-state index contributed by atoms with van der Waals surface area (Å²) in [6, 6.07) is 0. The van der Waals surface area contributed by atoms with E-state index in [1.807, 2.05) is 0 Å². The molecule has 0 saturated carbocycles. The molecule has 1 N–H and O–H groups in total. The molecule has 0 radical (unpaired) electrons. The van der Waals surface area contributed by atoms with Gasteiger partial charge in [0.1, 0.15) is 6.29 Å². The number of aliphatic hydroxyl groups excluding tert-OH is 1. The molecule has 40 valence electrons. The first-order valence-electron chi connectivity index (χ1n) is 2.13. The van der Waals surface area contributed by atoms with Gasteiger partial charge in [-0.25, -0.2) is 0 Å². The predicted molar refractivity (Wildman–Crippen MR) is 27.1 cm³/mol. The van der Waals surface area contributed by atoms with Gasteiger partial charge in [0.2, 0.25) is 0 Å². The first-order chi connectivity index (χ1) is 3.35. The van der Waals surface area contributed by atoms with E-state index >= 15 is 0 Å². The van der Waals surface area contributed by atoms with Crippen molar-refractivity contribution in [3.63, 3.8) is 0 Å². The zero-order chi connectivity index (χ0) is 5.70. The van der Waals surface area contributed by atoms with Gasteiger partial charge in [0.05, 0.1) is 6.26 Å². The number of aldehydes is 1. The van der Waals surface area contributed by atoms with Crippen molar-refractivity contribution >= 4 is 6.29 Å². The summed E-state index contributed by atoms with van der Waals surface area (Å²) in [6.07, 6.45) is 2.06. The van der Waals surface area contributed by atoms with E-state index in [1.54, 1.807) is 6.92 Å². The molecular weight excluding hydrogens is 92.1 g/mol. The molecule has 0 spiro atoms. The molecule has 0 heterocycles. The van der Waals surface area contributed by atoms with Gasteiger partial charge in [-0.2, -0.15) is 0 Å². The van der Waals surface area contributed by atoms with Crippen LogP contribution in [0.25, 0.3) is 0 Å². The first kappa shape index (κ1) is 6.21.